The summed E-state index contributed by atoms with van der Waals surface area (Å²) in [5.41, 5.74) is 7.16. The lowest BCUT2D eigenvalue weighted by atomic mass is 10.1. The Balaban J connectivity index is 0.000000167. The molecule has 0 unspecified atom stereocenters. The van der Waals surface area contributed by atoms with Gasteiger partial charge in [-0.3, -0.25) is 28.9 Å². The van der Waals surface area contributed by atoms with Gasteiger partial charge in [-0.1, -0.05) is 82.3 Å². The van der Waals surface area contributed by atoms with Crippen LogP contribution >= 0.6 is 28.1 Å². The smallest absolute Gasteiger partial charge is 0.263 e. The van der Waals surface area contributed by atoms with Crippen molar-refractivity contribution < 1.29 is 10.0 Å². The number of nitrogens with zero attached hydrogens (tertiary/aromatic N) is 11. The lowest BCUT2D eigenvalue weighted by Crippen LogP contribution is -2.26. The van der Waals surface area contributed by atoms with Gasteiger partial charge >= 0.3 is 0 Å². The SMILES string of the molecule is Cc1ccc2c(c1)c(=S)n(C/C=C/c1cccnc1)c1nnc(N(C)C)n21.O=C(Cc1ccc(Cn2c(=O)c3cc(Br)ccc3n3c(N4CCCC4)nnc23)cc1)NO. The second kappa shape index (κ2) is 16.9. The maximum Gasteiger partial charge on any atom is 0.263 e. The van der Waals surface area contributed by atoms with E-state index in [2.05, 4.69) is 81.8 Å². The van der Waals surface area contributed by atoms with Gasteiger partial charge in [-0.25, -0.2) is 14.3 Å². The number of fused-ring (bicyclic) bond motifs is 6. The molecule has 59 heavy (non-hydrogen) atoms. The molecule has 1 amide bonds. The van der Waals surface area contributed by atoms with Crippen molar-refractivity contribution in [3.63, 3.8) is 0 Å². The Bertz CT molecular complexity index is 2990. The van der Waals surface area contributed by atoms with Gasteiger partial charge in [0.25, 0.3) is 5.56 Å². The van der Waals surface area contributed by atoms with Gasteiger partial charge in [0.05, 0.1) is 29.4 Å². The largest absolute Gasteiger partial charge is 0.347 e. The molecule has 6 heterocycles. The number of carbonyl (C=O) groups excluding carboxylic acids is 1. The Morgan fingerprint density at radius 2 is 1.61 bits per heavy atom. The minimum absolute atomic E-state index is 0.0777. The Morgan fingerprint density at radius 1 is 0.898 bits per heavy atom. The van der Waals surface area contributed by atoms with Gasteiger partial charge in [0.15, 0.2) is 0 Å². The fourth-order valence-electron chi connectivity index (χ4n) is 7.34. The molecule has 17 heteroatoms. The van der Waals surface area contributed by atoms with E-state index in [9.17, 15) is 9.59 Å². The number of anilines is 2. The quantitative estimate of drug-likeness (QED) is 0.0941. The van der Waals surface area contributed by atoms with Crippen molar-refractivity contribution in [1.29, 1.82) is 0 Å². The highest BCUT2D eigenvalue weighted by atomic mass is 79.9. The van der Waals surface area contributed by atoms with E-state index in [0.717, 1.165) is 85.8 Å². The lowest BCUT2D eigenvalue weighted by molar-refractivity contribution is -0.128. The van der Waals surface area contributed by atoms with Crippen molar-refractivity contribution in [2.45, 2.75) is 39.3 Å². The highest BCUT2D eigenvalue weighted by Crippen LogP contribution is 2.26. The first-order chi connectivity index (χ1) is 28.6. The molecule has 0 spiro atoms. The molecule has 5 aromatic heterocycles. The molecular formula is C42H41BrN12O3S. The van der Waals surface area contributed by atoms with Crippen LogP contribution < -0.4 is 20.8 Å². The van der Waals surface area contributed by atoms with Crippen LogP contribution in [-0.2, 0) is 24.3 Å². The number of aryl methyl sites for hydroxylation is 1. The Kier molecular flexibility index (Phi) is 11.3. The Morgan fingerprint density at radius 3 is 2.34 bits per heavy atom. The fraction of sp³-hybridized carbons (Fsp3) is 0.238. The van der Waals surface area contributed by atoms with Crippen molar-refractivity contribution in [2.24, 2.45) is 0 Å². The van der Waals surface area contributed by atoms with Gasteiger partial charge in [0.2, 0.25) is 29.4 Å². The number of nitrogens with one attached hydrogen (secondary N) is 1. The highest BCUT2D eigenvalue weighted by Gasteiger charge is 2.23. The summed E-state index contributed by atoms with van der Waals surface area (Å²) in [4.78, 5) is 33.1. The van der Waals surface area contributed by atoms with Gasteiger partial charge < -0.3 is 9.80 Å². The third-order valence-corrected chi connectivity index (χ3v) is 11.1. The molecule has 0 atom stereocenters. The molecule has 1 fully saturated rings. The van der Waals surface area contributed by atoms with Crippen LogP contribution in [0.25, 0.3) is 39.4 Å². The third-order valence-electron chi connectivity index (χ3n) is 10.2. The summed E-state index contributed by atoms with van der Waals surface area (Å²) < 4.78 is 9.27. The van der Waals surface area contributed by atoms with Crippen LogP contribution in [0.1, 0.15) is 35.1 Å². The van der Waals surface area contributed by atoms with Gasteiger partial charge in [-0.05, 0) is 72.9 Å². The molecule has 0 radical (unpaired) electrons. The summed E-state index contributed by atoms with van der Waals surface area (Å²) in [6, 6.07) is 23.2. The zero-order valence-corrected chi connectivity index (χ0v) is 35.1. The maximum atomic E-state index is 13.4. The number of rotatable bonds is 9. The van der Waals surface area contributed by atoms with Crippen LogP contribution in [0.4, 0.5) is 11.9 Å². The lowest BCUT2D eigenvalue weighted by Gasteiger charge is -2.17. The molecule has 1 saturated heterocycles. The number of hydrogen-bond acceptors (Lipinski definition) is 11. The molecule has 300 valence electrons. The fourth-order valence-corrected chi connectivity index (χ4v) is 8.02. The van der Waals surface area contributed by atoms with Crippen LogP contribution in [0.15, 0.2) is 101 Å². The van der Waals surface area contributed by atoms with Crippen molar-refractivity contribution in [2.75, 3.05) is 37.0 Å². The van der Waals surface area contributed by atoms with Gasteiger partial charge in [0.1, 0.15) is 4.64 Å². The van der Waals surface area contributed by atoms with Crippen LogP contribution in [0.5, 0.6) is 0 Å². The van der Waals surface area contributed by atoms with Gasteiger partial charge in [-0.2, -0.15) is 0 Å². The third kappa shape index (κ3) is 7.96. The number of aromatic nitrogens is 9. The zero-order chi connectivity index (χ0) is 41.2. The van der Waals surface area contributed by atoms with Crippen molar-refractivity contribution in [3.05, 3.63) is 133 Å². The number of amides is 1. The average Bonchev–Trinajstić information content (AvgIpc) is 4.03. The van der Waals surface area contributed by atoms with E-state index in [0.29, 0.717) is 24.3 Å². The van der Waals surface area contributed by atoms with E-state index < -0.39 is 5.91 Å². The number of benzene rings is 3. The normalized spacial score (nSPS) is 12.9. The summed E-state index contributed by atoms with van der Waals surface area (Å²) in [6.45, 7) is 4.83. The number of allylic oxidation sites excluding steroid dienone is 1. The predicted octanol–water partition coefficient (Wildman–Crippen LogP) is 6.40. The van der Waals surface area contributed by atoms with Crippen LogP contribution in [0.2, 0.25) is 0 Å². The van der Waals surface area contributed by atoms with E-state index in [1.54, 1.807) is 16.2 Å². The number of hydroxylamine groups is 1. The molecule has 1 aliphatic rings. The maximum absolute atomic E-state index is 13.4. The average molecular weight is 874 g/mol. The monoisotopic (exact) mass is 872 g/mol. The van der Waals surface area contributed by atoms with Crippen molar-refractivity contribution in [1.82, 2.24) is 48.8 Å². The van der Waals surface area contributed by atoms with E-state index >= 15 is 0 Å². The zero-order valence-electron chi connectivity index (χ0n) is 32.7. The number of pyridine rings is 1. The topological polar surface area (TPSA) is 156 Å². The minimum atomic E-state index is -0.478. The van der Waals surface area contributed by atoms with Crippen molar-refractivity contribution in [3.8, 4) is 0 Å². The standard InChI is InChI=1S/C22H21BrN6O3.C20H20N6S/c23-16-7-8-18-17(12-16)20(31)28(13-15-5-3-14(4-6-15)11-19(30)26-32)22-25-24-21(29(18)22)27-9-1-2-10-27;1-14-8-9-17-16(12-14)18(27)25(11-5-7-15-6-4-10-21-13-15)20-23-22-19(24(2)3)26(17)20/h3-8,12,32H,1-2,9-11,13H2,(H,26,30);4-10,12-13H,11H2,1-3H3/b;7-5+. The molecule has 9 rings (SSSR count). The van der Waals surface area contributed by atoms with E-state index in [-0.39, 0.29) is 12.0 Å². The number of carbonyl (C=O) groups is 1. The number of halogens is 1. The molecule has 0 saturated carbocycles. The van der Waals surface area contributed by atoms with Crippen LogP contribution in [0.3, 0.4) is 0 Å². The summed E-state index contributed by atoms with van der Waals surface area (Å²) in [6.07, 6.45) is 10.00. The first-order valence-corrected chi connectivity index (χ1v) is 20.3. The van der Waals surface area contributed by atoms with Gasteiger partial charge in [-0.15, -0.1) is 20.4 Å². The summed E-state index contributed by atoms with van der Waals surface area (Å²) in [7, 11) is 3.93. The summed E-state index contributed by atoms with van der Waals surface area (Å²) in [5, 5.41) is 28.0. The van der Waals surface area contributed by atoms with Crippen LogP contribution in [0, 0.1) is 11.6 Å². The molecule has 15 nitrogen and oxygen atoms in total. The van der Waals surface area contributed by atoms with E-state index in [1.165, 1.54) is 5.56 Å². The second-order valence-corrected chi connectivity index (χ2v) is 15.9. The first kappa shape index (κ1) is 39.5. The van der Waals surface area contributed by atoms with Gasteiger partial charge in [0, 0.05) is 56.0 Å². The minimum Gasteiger partial charge on any atom is -0.347 e. The Labute approximate surface area is 352 Å². The molecule has 2 N–H and O–H groups in total. The highest BCUT2D eigenvalue weighted by molar-refractivity contribution is 9.10. The summed E-state index contributed by atoms with van der Waals surface area (Å²) >= 11 is 9.29. The Hall–Kier alpha value is -6.30. The predicted molar refractivity (Wildman–Crippen MR) is 235 cm³/mol. The second-order valence-electron chi connectivity index (χ2n) is 14.6. The van der Waals surface area contributed by atoms with E-state index in [1.807, 2.05) is 94.8 Å². The molecular weight excluding hydrogens is 833 g/mol. The van der Waals surface area contributed by atoms with Crippen molar-refractivity contribution >= 4 is 85.4 Å². The summed E-state index contributed by atoms with van der Waals surface area (Å²) in [5.74, 6) is 2.28. The molecule has 8 aromatic rings. The molecule has 0 aliphatic carbocycles. The number of hydrogen-bond donors (Lipinski definition) is 2. The molecule has 1 aliphatic heterocycles. The molecule has 3 aromatic carbocycles. The van der Waals surface area contributed by atoms with E-state index in [4.69, 9.17) is 17.4 Å². The molecule has 0 bridgehead atoms. The van der Waals surface area contributed by atoms with Crippen LogP contribution in [-0.4, -0.2) is 81.6 Å². The first-order valence-electron chi connectivity index (χ1n) is 19.1.